The molecule has 1 N–H and O–H groups in total. The molecule has 1 rings (SSSR count). The molecule has 0 aliphatic rings. The Morgan fingerprint density at radius 2 is 2.33 bits per heavy atom. The third kappa shape index (κ3) is 4.29. The molecule has 5 heteroatoms. The van der Waals surface area contributed by atoms with Gasteiger partial charge in [-0.15, -0.1) is 0 Å². The van der Waals surface area contributed by atoms with E-state index in [-0.39, 0.29) is 0 Å². The molecule has 1 heterocycles. The molecule has 0 radical (unpaired) electrons. The van der Waals surface area contributed by atoms with Crippen molar-refractivity contribution in [2.75, 3.05) is 26.9 Å². The van der Waals surface area contributed by atoms with E-state index in [0.29, 0.717) is 5.25 Å². The zero-order valence-electron chi connectivity index (χ0n) is 12.0. The van der Waals surface area contributed by atoms with Crippen LogP contribution in [0.3, 0.4) is 0 Å². The van der Waals surface area contributed by atoms with E-state index in [4.69, 9.17) is 0 Å². The maximum Gasteiger partial charge on any atom is 0.193 e. The molecule has 0 saturated heterocycles. The lowest BCUT2D eigenvalue weighted by molar-refractivity contribution is 0.462. The molecule has 0 spiro atoms. The quantitative estimate of drug-likeness (QED) is 0.653. The lowest BCUT2D eigenvalue weighted by Crippen LogP contribution is -2.41. The molecule has 0 saturated carbocycles. The summed E-state index contributed by atoms with van der Waals surface area (Å²) in [5.74, 6) is 0.942. The highest BCUT2D eigenvalue weighted by Crippen LogP contribution is 2.05. The maximum atomic E-state index is 4.32. The van der Waals surface area contributed by atoms with Gasteiger partial charge in [0.15, 0.2) is 5.96 Å². The largest absolute Gasteiger partial charge is 0.355 e. The van der Waals surface area contributed by atoms with Crippen molar-refractivity contribution in [3.8, 4) is 0 Å². The number of hydrogen-bond acceptors (Lipinski definition) is 2. The molecule has 0 aliphatic carbocycles. The smallest absolute Gasteiger partial charge is 0.193 e. The summed E-state index contributed by atoms with van der Waals surface area (Å²) in [5.41, 5.74) is 1.28. The van der Waals surface area contributed by atoms with Crippen molar-refractivity contribution in [2.45, 2.75) is 18.7 Å². The fourth-order valence-electron chi connectivity index (χ4n) is 1.68. The van der Waals surface area contributed by atoms with Crippen molar-refractivity contribution in [3.63, 3.8) is 0 Å². The molecular weight excluding hydrogens is 244 g/mol. The van der Waals surface area contributed by atoms with Crippen LogP contribution >= 0.6 is 11.8 Å². The van der Waals surface area contributed by atoms with Gasteiger partial charge in [-0.05, 0) is 18.4 Å². The van der Waals surface area contributed by atoms with Gasteiger partial charge in [0.2, 0.25) is 0 Å². The van der Waals surface area contributed by atoms with Crippen molar-refractivity contribution in [3.05, 3.63) is 24.0 Å². The molecule has 0 bridgehead atoms. The van der Waals surface area contributed by atoms with Gasteiger partial charge in [0.05, 0.1) is 6.54 Å². The Bertz CT molecular complexity index is 386. The predicted octanol–water partition coefficient (Wildman–Crippen LogP) is 1.78. The molecule has 1 aromatic rings. The SMILES string of the molecule is CN=C(NCC(C)SC)N(C)Cc1cccn1C. The predicted molar refractivity (Wildman–Crippen MR) is 81.2 cm³/mol. The van der Waals surface area contributed by atoms with Crippen molar-refractivity contribution < 1.29 is 0 Å². The van der Waals surface area contributed by atoms with E-state index in [2.05, 4.69) is 65.4 Å². The van der Waals surface area contributed by atoms with E-state index < -0.39 is 0 Å². The van der Waals surface area contributed by atoms with Crippen LogP contribution < -0.4 is 5.32 Å². The first-order valence-electron chi connectivity index (χ1n) is 6.13. The summed E-state index contributed by atoms with van der Waals surface area (Å²) in [6.07, 6.45) is 4.19. The lowest BCUT2D eigenvalue weighted by atomic mass is 10.4. The topological polar surface area (TPSA) is 32.6 Å². The summed E-state index contributed by atoms with van der Waals surface area (Å²) < 4.78 is 2.13. The average molecular weight is 268 g/mol. The van der Waals surface area contributed by atoms with E-state index in [1.807, 2.05) is 18.8 Å². The number of aliphatic imine (C=N–C) groups is 1. The van der Waals surface area contributed by atoms with Gasteiger partial charge in [-0.2, -0.15) is 11.8 Å². The second-order valence-electron chi connectivity index (χ2n) is 4.44. The number of aryl methyl sites for hydroxylation is 1. The zero-order chi connectivity index (χ0) is 13.5. The van der Waals surface area contributed by atoms with E-state index in [1.165, 1.54) is 5.69 Å². The molecule has 0 fully saturated rings. The lowest BCUT2D eigenvalue weighted by Gasteiger charge is -2.23. The zero-order valence-corrected chi connectivity index (χ0v) is 12.8. The van der Waals surface area contributed by atoms with Gasteiger partial charge in [0, 0.05) is 44.8 Å². The second-order valence-corrected chi connectivity index (χ2v) is 5.72. The molecule has 1 atom stereocenters. The van der Waals surface area contributed by atoms with Crippen LogP contribution in [0.5, 0.6) is 0 Å². The number of thioether (sulfide) groups is 1. The fraction of sp³-hybridized carbons (Fsp3) is 0.615. The third-order valence-electron chi connectivity index (χ3n) is 2.97. The first-order valence-corrected chi connectivity index (χ1v) is 7.42. The van der Waals surface area contributed by atoms with E-state index in [0.717, 1.165) is 19.0 Å². The highest BCUT2D eigenvalue weighted by Gasteiger charge is 2.09. The Balaban J connectivity index is 2.53. The highest BCUT2D eigenvalue weighted by atomic mass is 32.2. The summed E-state index contributed by atoms with van der Waals surface area (Å²) in [7, 11) is 5.95. The summed E-state index contributed by atoms with van der Waals surface area (Å²) in [5, 5.41) is 3.99. The van der Waals surface area contributed by atoms with Gasteiger partial charge < -0.3 is 14.8 Å². The van der Waals surface area contributed by atoms with Gasteiger partial charge in [-0.1, -0.05) is 6.92 Å². The van der Waals surface area contributed by atoms with Crippen molar-refractivity contribution in [1.82, 2.24) is 14.8 Å². The molecule has 18 heavy (non-hydrogen) atoms. The van der Waals surface area contributed by atoms with Crippen LogP contribution in [0.1, 0.15) is 12.6 Å². The van der Waals surface area contributed by atoms with Gasteiger partial charge >= 0.3 is 0 Å². The summed E-state index contributed by atoms with van der Waals surface area (Å²) in [4.78, 5) is 6.46. The van der Waals surface area contributed by atoms with Crippen LogP contribution in [0.2, 0.25) is 0 Å². The van der Waals surface area contributed by atoms with E-state index in [1.54, 1.807) is 0 Å². The van der Waals surface area contributed by atoms with Crippen LogP contribution in [0, 0.1) is 0 Å². The molecule has 4 nitrogen and oxygen atoms in total. The van der Waals surface area contributed by atoms with E-state index >= 15 is 0 Å². The maximum absolute atomic E-state index is 4.32. The van der Waals surface area contributed by atoms with Crippen LogP contribution in [0.4, 0.5) is 0 Å². The number of hydrogen-bond donors (Lipinski definition) is 1. The summed E-state index contributed by atoms with van der Waals surface area (Å²) in [6, 6.07) is 4.20. The molecule has 1 unspecified atom stereocenters. The Labute approximate surface area is 114 Å². The second kappa shape index (κ2) is 7.36. The monoisotopic (exact) mass is 268 g/mol. The van der Waals surface area contributed by atoms with Crippen LogP contribution in [-0.4, -0.2) is 47.6 Å². The Kier molecular flexibility index (Phi) is 6.12. The fourth-order valence-corrected chi connectivity index (χ4v) is 1.93. The Hall–Kier alpha value is -1.10. The third-order valence-corrected chi connectivity index (χ3v) is 3.95. The molecule has 0 aromatic carbocycles. The first-order chi connectivity index (χ1) is 8.58. The molecule has 0 amide bonds. The first kappa shape index (κ1) is 15.0. The normalized spacial score (nSPS) is 13.5. The molecule has 0 aliphatic heterocycles. The Morgan fingerprint density at radius 1 is 1.61 bits per heavy atom. The standard InChI is InChI=1S/C13H24N4S/c1-11(18-5)9-15-13(14-2)17(4)10-12-7-6-8-16(12)3/h6-8,11H,9-10H2,1-5H3,(H,14,15). The van der Waals surface area contributed by atoms with Gasteiger partial charge in [0.25, 0.3) is 0 Å². The van der Waals surface area contributed by atoms with Crippen molar-refractivity contribution in [1.29, 1.82) is 0 Å². The number of aromatic nitrogens is 1. The number of guanidine groups is 1. The number of nitrogens with zero attached hydrogens (tertiary/aromatic N) is 3. The van der Waals surface area contributed by atoms with Gasteiger partial charge in [-0.25, -0.2) is 0 Å². The summed E-state index contributed by atoms with van der Waals surface area (Å²) in [6.45, 7) is 4.00. The van der Waals surface area contributed by atoms with Crippen molar-refractivity contribution in [2.24, 2.45) is 12.0 Å². The number of rotatable bonds is 5. The van der Waals surface area contributed by atoms with Crippen LogP contribution in [0.15, 0.2) is 23.3 Å². The van der Waals surface area contributed by atoms with Crippen molar-refractivity contribution >= 4 is 17.7 Å². The highest BCUT2D eigenvalue weighted by molar-refractivity contribution is 7.99. The van der Waals surface area contributed by atoms with Crippen LogP contribution in [0.25, 0.3) is 0 Å². The van der Waals surface area contributed by atoms with Crippen LogP contribution in [-0.2, 0) is 13.6 Å². The van der Waals surface area contributed by atoms with Gasteiger partial charge in [-0.3, -0.25) is 4.99 Å². The minimum Gasteiger partial charge on any atom is -0.355 e. The molecule has 1 aromatic heterocycles. The minimum atomic E-state index is 0.588. The van der Waals surface area contributed by atoms with Gasteiger partial charge in [0.1, 0.15) is 0 Å². The molecular formula is C13H24N4S. The summed E-state index contributed by atoms with van der Waals surface area (Å²) >= 11 is 1.86. The average Bonchev–Trinajstić information content (AvgIpc) is 2.75. The minimum absolute atomic E-state index is 0.588. The van der Waals surface area contributed by atoms with E-state index in [9.17, 15) is 0 Å². The molecule has 102 valence electrons. The Morgan fingerprint density at radius 3 is 2.83 bits per heavy atom. The number of nitrogens with one attached hydrogen (secondary N) is 1.